The van der Waals surface area contributed by atoms with Gasteiger partial charge < -0.3 is 14.5 Å². The first-order valence-electron chi connectivity index (χ1n) is 10.1. The van der Waals surface area contributed by atoms with Crippen molar-refractivity contribution in [2.75, 3.05) is 25.1 Å². The molecule has 0 bridgehead atoms. The number of hydrogen-bond acceptors (Lipinski definition) is 6. The number of esters is 1. The van der Waals surface area contributed by atoms with Crippen LogP contribution in [0.3, 0.4) is 0 Å². The summed E-state index contributed by atoms with van der Waals surface area (Å²) in [5.41, 5.74) is 0.318. The third kappa shape index (κ3) is 2.87. The Labute approximate surface area is 183 Å². The van der Waals surface area contributed by atoms with Crippen molar-refractivity contribution in [1.82, 2.24) is 9.80 Å². The lowest BCUT2D eigenvalue weighted by Gasteiger charge is -2.46. The van der Waals surface area contributed by atoms with Crippen LogP contribution in [0.2, 0.25) is 0 Å². The normalized spacial score (nSPS) is 22.2. The number of ether oxygens (including phenoxy) is 1. The Morgan fingerprint density at radius 2 is 1.97 bits per heavy atom. The largest absolute Gasteiger partial charge is 0.452 e. The van der Waals surface area contributed by atoms with Crippen LogP contribution in [0.15, 0.2) is 35.7 Å². The first kappa shape index (κ1) is 19.7. The number of fused-ring (bicyclic) bond motifs is 4. The Kier molecular flexibility index (Phi) is 4.58. The second-order valence-corrected chi connectivity index (χ2v) is 8.94. The minimum atomic E-state index is -1.56. The van der Waals surface area contributed by atoms with Gasteiger partial charge in [-0.1, -0.05) is 12.1 Å². The quantitative estimate of drug-likeness (QED) is 0.681. The van der Waals surface area contributed by atoms with E-state index in [1.165, 1.54) is 21.7 Å². The minimum absolute atomic E-state index is 0.113. The number of rotatable bonds is 3. The molecule has 1 aromatic heterocycles. The highest BCUT2D eigenvalue weighted by Crippen LogP contribution is 2.44. The van der Waals surface area contributed by atoms with E-state index in [4.69, 9.17) is 4.74 Å². The molecule has 3 aliphatic rings. The molecular formula is C22H21N3O5S. The van der Waals surface area contributed by atoms with Crippen molar-refractivity contribution in [2.24, 2.45) is 0 Å². The lowest BCUT2D eigenvalue weighted by molar-refractivity contribution is -0.161. The van der Waals surface area contributed by atoms with Gasteiger partial charge in [0.1, 0.15) is 0 Å². The summed E-state index contributed by atoms with van der Waals surface area (Å²) in [6.45, 7) is 0.647. The van der Waals surface area contributed by atoms with Crippen LogP contribution < -0.4 is 4.90 Å². The summed E-state index contributed by atoms with van der Waals surface area (Å²) in [4.78, 5) is 57.2. The zero-order chi connectivity index (χ0) is 21.8. The van der Waals surface area contributed by atoms with E-state index >= 15 is 0 Å². The highest BCUT2D eigenvalue weighted by Gasteiger charge is 2.60. The van der Waals surface area contributed by atoms with Gasteiger partial charge in [-0.25, -0.2) is 4.79 Å². The fourth-order valence-corrected chi connectivity index (χ4v) is 5.58. The van der Waals surface area contributed by atoms with E-state index in [1.54, 1.807) is 40.5 Å². The Morgan fingerprint density at radius 1 is 1.16 bits per heavy atom. The van der Waals surface area contributed by atoms with Crippen LogP contribution in [0.5, 0.6) is 0 Å². The molecule has 3 amide bonds. The van der Waals surface area contributed by atoms with Gasteiger partial charge in [-0.3, -0.25) is 19.3 Å². The molecule has 3 aliphatic heterocycles. The molecule has 9 heteroatoms. The smallest absolute Gasteiger partial charge is 0.354 e. The Morgan fingerprint density at radius 3 is 2.81 bits per heavy atom. The molecule has 1 atom stereocenters. The van der Waals surface area contributed by atoms with E-state index in [0.29, 0.717) is 24.3 Å². The Hall–Kier alpha value is -3.20. The van der Waals surface area contributed by atoms with Crippen molar-refractivity contribution in [1.29, 1.82) is 0 Å². The highest BCUT2D eigenvalue weighted by atomic mass is 32.1. The van der Waals surface area contributed by atoms with Crippen molar-refractivity contribution in [2.45, 2.75) is 31.5 Å². The summed E-state index contributed by atoms with van der Waals surface area (Å²) < 4.78 is 5.44. The predicted molar refractivity (Wildman–Crippen MR) is 112 cm³/mol. The van der Waals surface area contributed by atoms with Crippen LogP contribution in [0.25, 0.3) is 0 Å². The van der Waals surface area contributed by atoms with Crippen molar-refractivity contribution in [3.63, 3.8) is 0 Å². The molecule has 0 saturated carbocycles. The number of likely N-dealkylation sites (N-methyl/N-ethyl adjacent to an activating group) is 1. The van der Waals surface area contributed by atoms with E-state index in [0.717, 1.165) is 12.0 Å². The lowest BCUT2D eigenvalue weighted by Crippen LogP contribution is -2.67. The number of nitrogens with zero attached hydrogens (tertiary/aromatic N) is 3. The van der Waals surface area contributed by atoms with Gasteiger partial charge in [0.25, 0.3) is 11.8 Å². The number of amides is 3. The van der Waals surface area contributed by atoms with Crippen molar-refractivity contribution in [3.8, 4) is 0 Å². The number of thiophene rings is 1. The van der Waals surface area contributed by atoms with E-state index in [1.807, 2.05) is 11.4 Å². The zero-order valence-electron chi connectivity index (χ0n) is 17.0. The van der Waals surface area contributed by atoms with Crippen molar-refractivity contribution >= 4 is 40.7 Å². The number of para-hydroxylation sites is 1. The topological polar surface area (TPSA) is 87.2 Å². The molecule has 4 heterocycles. The van der Waals surface area contributed by atoms with Crippen LogP contribution in [-0.4, -0.2) is 59.4 Å². The first-order valence-corrected chi connectivity index (χ1v) is 11.0. The monoisotopic (exact) mass is 439 g/mol. The van der Waals surface area contributed by atoms with Crippen LogP contribution in [-0.2, 0) is 32.1 Å². The third-order valence-electron chi connectivity index (χ3n) is 6.36. The Balaban J connectivity index is 1.36. The molecule has 31 heavy (non-hydrogen) atoms. The maximum atomic E-state index is 13.3. The van der Waals surface area contributed by atoms with Gasteiger partial charge in [0.15, 0.2) is 6.61 Å². The summed E-state index contributed by atoms with van der Waals surface area (Å²) in [5.74, 6) is -1.66. The predicted octanol–water partition coefficient (Wildman–Crippen LogP) is 1.78. The molecule has 0 N–H and O–H groups in total. The van der Waals surface area contributed by atoms with E-state index in [9.17, 15) is 19.2 Å². The SMILES string of the molecule is CN1C(=O)c2ccccc2N2C(=O)CCC12C(=O)OCC(=O)N1CCc2sccc2C1. The molecule has 160 valence electrons. The second kappa shape index (κ2) is 7.19. The maximum absolute atomic E-state index is 13.3. The number of carbonyl (C=O) groups is 4. The van der Waals surface area contributed by atoms with E-state index < -0.39 is 18.2 Å². The number of hydrogen-bond donors (Lipinski definition) is 0. The molecule has 0 aliphatic carbocycles. The summed E-state index contributed by atoms with van der Waals surface area (Å²) in [6.07, 6.45) is 1.02. The van der Waals surface area contributed by atoms with Gasteiger partial charge >= 0.3 is 5.97 Å². The van der Waals surface area contributed by atoms with Crippen molar-refractivity contribution < 1.29 is 23.9 Å². The van der Waals surface area contributed by atoms with Gasteiger partial charge in [-0.15, -0.1) is 11.3 Å². The third-order valence-corrected chi connectivity index (χ3v) is 7.38. The fraction of sp³-hybridized carbons (Fsp3) is 0.364. The summed E-state index contributed by atoms with van der Waals surface area (Å²) in [5, 5.41) is 2.01. The van der Waals surface area contributed by atoms with Gasteiger partial charge in [-0.05, 0) is 35.6 Å². The van der Waals surface area contributed by atoms with Gasteiger partial charge in [0.05, 0.1) is 11.3 Å². The van der Waals surface area contributed by atoms with Crippen LogP contribution >= 0.6 is 11.3 Å². The van der Waals surface area contributed by atoms with E-state index in [-0.39, 0.29) is 30.6 Å². The molecule has 1 fully saturated rings. The van der Waals surface area contributed by atoms with Gasteiger partial charge in [0, 0.05) is 37.9 Å². The van der Waals surface area contributed by atoms with Gasteiger partial charge in [-0.2, -0.15) is 0 Å². The van der Waals surface area contributed by atoms with E-state index in [2.05, 4.69) is 0 Å². The summed E-state index contributed by atoms with van der Waals surface area (Å²) in [7, 11) is 1.50. The Bertz CT molecular complexity index is 1110. The second-order valence-electron chi connectivity index (χ2n) is 7.94. The summed E-state index contributed by atoms with van der Waals surface area (Å²) >= 11 is 1.68. The molecular weight excluding hydrogens is 418 g/mol. The van der Waals surface area contributed by atoms with Crippen LogP contribution in [0.1, 0.15) is 33.6 Å². The lowest BCUT2D eigenvalue weighted by atomic mass is 9.97. The first-order chi connectivity index (χ1) is 14.9. The number of carbonyl (C=O) groups excluding carboxylic acids is 4. The fourth-order valence-electron chi connectivity index (χ4n) is 4.69. The highest BCUT2D eigenvalue weighted by molar-refractivity contribution is 7.10. The van der Waals surface area contributed by atoms with Crippen LogP contribution in [0.4, 0.5) is 5.69 Å². The molecule has 1 saturated heterocycles. The molecule has 1 unspecified atom stereocenters. The maximum Gasteiger partial charge on any atom is 0.354 e. The minimum Gasteiger partial charge on any atom is -0.452 e. The average Bonchev–Trinajstić information content (AvgIpc) is 3.40. The number of anilines is 1. The molecule has 2 aromatic rings. The molecule has 1 aromatic carbocycles. The molecule has 0 spiro atoms. The average molecular weight is 439 g/mol. The molecule has 8 nitrogen and oxygen atoms in total. The van der Waals surface area contributed by atoms with Gasteiger partial charge in [0.2, 0.25) is 11.6 Å². The number of benzene rings is 1. The van der Waals surface area contributed by atoms with Crippen LogP contribution in [0, 0.1) is 0 Å². The molecule has 5 rings (SSSR count). The molecule has 0 radical (unpaired) electrons. The standard InChI is InChI=1S/C22H21N3O5S/c1-23-20(28)15-4-2-3-5-16(15)25-18(26)6-9-22(23,25)21(29)30-13-19(27)24-10-7-17-14(12-24)8-11-31-17/h2-5,8,11H,6-7,9-10,12-13H2,1H3. The zero-order valence-corrected chi connectivity index (χ0v) is 17.8. The van der Waals surface area contributed by atoms with Crippen molar-refractivity contribution in [3.05, 3.63) is 51.7 Å². The summed E-state index contributed by atoms with van der Waals surface area (Å²) in [6, 6.07) is 8.73.